The van der Waals surface area contributed by atoms with Gasteiger partial charge < -0.3 is 5.32 Å². The van der Waals surface area contributed by atoms with E-state index in [0.717, 1.165) is 37.1 Å². The molecule has 19 heavy (non-hydrogen) atoms. The van der Waals surface area contributed by atoms with Gasteiger partial charge in [-0.15, -0.1) is 0 Å². The minimum absolute atomic E-state index is 0.143. The highest BCUT2D eigenvalue weighted by molar-refractivity contribution is 4.94. The third-order valence-corrected chi connectivity index (χ3v) is 5.43. The summed E-state index contributed by atoms with van der Waals surface area (Å²) in [6, 6.07) is 3.08. The van der Waals surface area contributed by atoms with Crippen molar-refractivity contribution in [1.82, 2.24) is 5.32 Å². The molecule has 0 aromatic heterocycles. The zero-order chi connectivity index (χ0) is 13.9. The first kappa shape index (κ1) is 14.9. The number of nitriles is 1. The van der Waals surface area contributed by atoms with Gasteiger partial charge in [0.05, 0.1) is 11.5 Å². The molecule has 0 heterocycles. The highest BCUT2D eigenvalue weighted by atomic mass is 14.9. The zero-order valence-electron chi connectivity index (χ0n) is 12.9. The van der Waals surface area contributed by atoms with Gasteiger partial charge in [0, 0.05) is 6.04 Å². The Labute approximate surface area is 119 Å². The van der Waals surface area contributed by atoms with Gasteiger partial charge in [-0.3, -0.25) is 0 Å². The standard InChI is InChI=1S/C17H30N2/c1-13(16-11-14-6-7-15(16)10-14)19-9-5-4-8-17(2,3)12-18/h13-16,19H,4-11H2,1-3H3. The van der Waals surface area contributed by atoms with Crippen LogP contribution in [0.3, 0.4) is 0 Å². The lowest BCUT2D eigenvalue weighted by atomic mass is 9.84. The number of rotatable bonds is 7. The molecule has 108 valence electrons. The molecule has 0 aromatic rings. The van der Waals surface area contributed by atoms with Crippen LogP contribution in [0.2, 0.25) is 0 Å². The number of fused-ring (bicyclic) bond motifs is 2. The topological polar surface area (TPSA) is 35.8 Å². The Morgan fingerprint density at radius 2 is 2.05 bits per heavy atom. The molecule has 4 atom stereocenters. The SMILES string of the molecule is CC(NCCCCC(C)(C)C#N)C1CC2CCC1C2. The molecular weight excluding hydrogens is 232 g/mol. The first-order valence-corrected chi connectivity index (χ1v) is 8.16. The average molecular weight is 262 g/mol. The van der Waals surface area contributed by atoms with E-state index in [0.29, 0.717) is 6.04 Å². The third-order valence-electron chi connectivity index (χ3n) is 5.43. The van der Waals surface area contributed by atoms with Crippen LogP contribution in [-0.2, 0) is 0 Å². The van der Waals surface area contributed by atoms with Crippen LogP contribution in [0.4, 0.5) is 0 Å². The predicted octanol–water partition coefficient (Wildman–Crippen LogP) is 4.12. The molecule has 0 radical (unpaired) electrons. The van der Waals surface area contributed by atoms with Gasteiger partial charge in [-0.1, -0.05) is 12.8 Å². The van der Waals surface area contributed by atoms with E-state index < -0.39 is 0 Å². The molecule has 2 aliphatic carbocycles. The normalized spacial score (nSPS) is 31.4. The summed E-state index contributed by atoms with van der Waals surface area (Å²) in [6.07, 6.45) is 9.35. The fourth-order valence-electron chi connectivity index (χ4n) is 4.14. The van der Waals surface area contributed by atoms with E-state index in [2.05, 4.69) is 18.3 Å². The number of nitrogens with one attached hydrogen (secondary N) is 1. The van der Waals surface area contributed by atoms with Crippen molar-refractivity contribution >= 4 is 0 Å². The van der Waals surface area contributed by atoms with Crippen LogP contribution in [0.25, 0.3) is 0 Å². The average Bonchev–Trinajstić information content (AvgIpc) is 3.00. The molecule has 0 spiro atoms. The molecule has 2 heteroatoms. The van der Waals surface area contributed by atoms with E-state index in [1.807, 2.05) is 13.8 Å². The predicted molar refractivity (Wildman–Crippen MR) is 79.6 cm³/mol. The first-order valence-electron chi connectivity index (χ1n) is 8.16. The zero-order valence-corrected chi connectivity index (χ0v) is 12.9. The molecule has 2 aliphatic rings. The van der Waals surface area contributed by atoms with Gasteiger partial charge in [-0.2, -0.15) is 5.26 Å². The van der Waals surface area contributed by atoms with Crippen LogP contribution in [-0.4, -0.2) is 12.6 Å². The molecule has 4 unspecified atom stereocenters. The Kier molecular flexibility index (Phi) is 4.90. The summed E-state index contributed by atoms with van der Waals surface area (Å²) < 4.78 is 0. The fraction of sp³-hybridized carbons (Fsp3) is 0.941. The maximum Gasteiger partial charge on any atom is 0.0683 e. The quantitative estimate of drug-likeness (QED) is 0.701. The molecule has 2 saturated carbocycles. The number of nitrogens with zero attached hydrogens (tertiary/aromatic N) is 1. The van der Waals surface area contributed by atoms with Crippen molar-refractivity contribution in [2.45, 2.75) is 71.8 Å². The lowest BCUT2D eigenvalue weighted by Crippen LogP contribution is -2.36. The summed E-state index contributed by atoms with van der Waals surface area (Å²) in [5.74, 6) is 3.01. The molecular formula is C17H30N2. The molecule has 2 nitrogen and oxygen atoms in total. The Bertz CT molecular complexity index is 329. The molecule has 2 rings (SSSR count). The number of hydrogen-bond acceptors (Lipinski definition) is 2. The van der Waals surface area contributed by atoms with Crippen molar-refractivity contribution in [2.75, 3.05) is 6.54 Å². The minimum Gasteiger partial charge on any atom is -0.314 e. The summed E-state index contributed by atoms with van der Waals surface area (Å²) in [4.78, 5) is 0. The monoisotopic (exact) mass is 262 g/mol. The van der Waals surface area contributed by atoms with E-state index in [-0.39, 0.29) is 5.41 Å². The second-order valence-electron chi connectivity index (χ2n) is 7.53. The van der Waals surface area contributed by atoms with Crippen molar-refractivity contribution in [3.05, 3.63) is 0 Å². The summed E-state index contributed by atoms with van der Waals surface area (Å²) in [6.45, 7) is 7.58. The van der Waals surface area contributed by atoms with Crippen molar-refractivity contribution in [3.63, 3.8) is 0 Å². The van der Waals surface area contributed by atoms with Gasteiger partial charge in [0.2, 0.25) is 0 Å². The van der Waals surface area contributed by atoms with Gasteiger partial charge in [-0.25, -0.2) is 0 Å². The van der Waals surface area contributed by atoms with Gasteiger partial charge in [0.15, 0.2) is 0 Å². The Morgan fingerprint density at radius 3 is 2.63 bits per heavy atom. The van der Waals surface area contributed by atoms with Crippen LogP contribution in [0.1, 0.15) is 65.7 Å². The van der Waals surface area contributed by atoms with E-state index in [4.69, 9.17) is 5.26 Å². The molecule has 0 aromatic carbocycles. The summed E-state index contributed by atoms with van der Waals surface area (Å²) in [7, 11) is 0. The van der Waals surface area contributed by atoms with Gasteiger partial charge in [0.1, 0.15) is 0 Å². The van der Waals surface area contributed by atoms with Crippen LogP contribution in [0.5, 0.6) is 0 Å². The second kappa shape index (κ2) is 6.27. The molecule has 0 amide bonds. The van der Waals surface area contributed by atoms with Crippen molar-refractivity contribution in [2.24, 2.45) is 23.2 Å². The van der Waals surface area contributed by atoms with E-state index in [1.165, 1.54) is 32.1 Å². The maximum absolute atomic E-state index is 8.98. The van der Waals surface area contributed by atoms with Crippen molar-refractivity contribution < 1.29 is 0 Å². The van der Waals surface area contributed by atoms with Crippen molar-refractivity contribution in [3.8, 4) is 6.07 Å². The lowest BCUT2D eigenvalue weighted by Gasteiger charge is -2.28. The van der Waals surface area contributed by atoms with Gasteiger partial charge >= 0.3 is 0 Å². The Balaban J connectivity index is 1.58. The summed E-state index contributed by atoms with van der Waals surface area (Å²) in [5.41, 5.74) is -0.143. The maximum atomic E-state index is 8.98. The van der Waals surface area contributed by atoms with Gasteiger partial charge in [-0.05, 0) is 77.2 Å². The van der Waals surface area contributed by atoms with Crippen LogP contribution in [0, 0.1) is 34.5 Å². The number of hydrogen-bond donors (Lipinski definition) is 1. The third kappa shape index (κ3) is 3.96. The molecule has 2 fully saturated rings. The number of unbranched alkanes of at least 4 members (excludes halogenated alkanes) is 1. The minimum atomic E-state index is -0.143. The van der Waals surface area contributed by atoms with Crippen LogP contribution < -0.4 is 5.32 Å². The lowest BCUT2D eigenvalue weighted by molar-refractivity contribution is 0.259. The first-order chi connectivity index (χ1) is 9.02. The van der Waals surface area contributed by atoms with E-state index in [9.17, 15) is 0 Å². The van der Waals surface area contributed by atoms with E-state index >= 15 is 0 Å². The highest BCUT2D eigenvalue weighted by Crippen LogP contribution is 2.49. The molecule has 2 bridgehead atoms. The summed E-state index contributed by atoms with van der Waals surface area (Å²) in [5, 5.41) is 12.7. The largest absolute Gasteiger partial charge is 0.314 e. The summed E-state index contributed by atoms with van der Waals surface area (Å²) >= 11 is 0. The van der Waals surface area contributed by atoms with Crippen LogP contribution >= 0.6 is 0 Å². The van der Waals surface area contributed by atoms with Crippen LogP contribution in [0.15, 0.2) is 0 Å². The fourth-order valence-corrected chi connectivity index (χ4v) is 4.14. The van der Waals surface area contributed by atoms with Crippen molar-refractivity contribution in [1.29, 1.82) is 5.26 Å². The van der Waals surface area contributed by atoms with E-state index in [1.54, 1.807) is 0 Å². The smallest absolute Gasteiger partial charge is 0.0683 e. The second-order valence-corrected chi connectivity index (χ2v) is 7.53. The highest BCUT2D eigenvalue weighted by Gasteiger charge is 2.41. The Hall–Kier alpha value is -0.550. The van der Waals surface area contributed by atoms with Gasteiger partial charge in [0.25, 0.3) is 0 Å². The molecule has 1 N–H and O–H groups in total. The molecule has 0 saturated heterocycles. The Morgan fingerprint density at radius 1 is 1.26 bits per heavy atom. The molecule has 0 aliphatic heterocycles.